The molecule has 0 unspecified atom stereocenters. The molecule has 144 valence electrons. The van der Waals surface area contributed by atoms with Crippen molar-refractivity contribution in [3.8, 4) is 0 Å². The number of hydrogen-bond donors (Lipinski definition) is 2. The third-order valence-electron chi connectivity index (χ3n) is 5.16. The van der Waals surface area contributed by atoms with Crippen LogP contribution in [0.5, 0.6) is 0 Å². The number of aryl methyl sites for hydroxylation is 2. The molecule has 0 atom stereocenters. The molecule has 1 aliphatic heterocycles. The van der Waals surface area contributed by atoms with Gasteiger partial charge in [0.2, 0.25) is 5.91 Å². The fourth-order valence-corrected chi connectivity index (χ4v) is 3.39. The van der Waals surface area contributed by atoms with Crippen LogP contribution in [0, 0.1) is 13.8 Å². The monoisotopic (exact) mass is 366 g/mol. The summed E-state index contributed by atoms with van der Waals surface area (Å²) in [5, 5.41) is 6.37. The zero-order valence-electron chi connectivity index (χ0n) is 16.6. The summed E-state index contributed by atoms with van der Waals surface area (Å²) in [6, 6.07) is 14.5. The SMILES string of the molecule is Cc1cccc(C)c1NC(=O)CCNc1ccc(N2CCN(C)CC2)cc1. The Balaban J connectivity index is 1.45. The van der Waals surface area contributed by atoms with Gasteiger partial charge in [0.25, 0.3) is 0 Å². The standard InChI is InChI=1S/C22H30N4O/c1-17-5-4-6-18(2)22(17)24-21(27)11-12-23-19-7-9-20(10-8-19)26-15-13-25(3)14-16-26/h4-10,23H,11-16H2,1-3H3,(H,24,27). The van der Waals surface area contributed by atoms with Gasteiger partial charge in [-0.1, -0.05) is 18.2 Å². The van der Waals surface area contributed by atoms with Gasteiger partial charge in [0, 0.05) is 56.2 Å². The molecule has 1 saturated heterocycles. The number of piperazine rings is 1. The van der Waals surface area contributed by atoms with E-state index in [0.29, 0.717) is 13.0 Å². The van der Waals surface area contributed by atoms with Gasteiger partial charge >= 0.3 is 0 Å². The quantitative estimate of drug-likeness (QED) is 0.822. The molecule has 0 spiro atoms. The molecule has 2 aromatic carbocycles. The summed E-state index contributed by atoms with van der Waals surface area (Å²) >= 11 is 0. The van der Waals surface area contributed by atoms with Crippen molar-refractivity contribution in [2.75, 3.05) is 55.3 Å². The van der Waals surface area contributed by atoms with Crippen LogP contribution in [0.15, 0.2) is 42.5 Å². The maximum atomic E-state index is 12.2. The Kier molecular flexibility index (Phi) is 6.35. The first-order valence-corrected chi connectivity index (χ1v) is 9.66. The molecule has 1 amide bonds. The van der Waals surface area contributed by atoms with E-state index >= 15 is 0 Å². The number of carbonyl (C=O) groups excluding carboxylic acids is 1. The number of benzene rings is 2. The highest BCUT2D eigenvalue weighted by Crippen LogP contribution is 2.20. The lowest BCUT2D eigenvalue weighted by molar-refractivity contribution is -0.115. The second-order valence-corrected chi connectivity index (χ2v) is 7.33. The van der Waals surface area contributed by atoms with Crippen LogP contribution in [-0.4, -0.2) is 50.6 Å². The second kappa shape index (κ2) is 8.91. The van der Waals surface area contributed by atoms with Crippen LogP contribution in [0.1, 0.15) is 17.5 Å². The largest absolute Gasteiger partial charge is 0.385 e. The minimum atomic E-state index is 0.0361. The molecule has 2 aromatic rings. The highest BCUT2D eigenvalue weighted by Gasteiger charge is 2.14. The molecule has 0 aromatic heterocycles. The van der Waals surface area contributed by atoms with E-state index in [1.54, 1.807) is 0 Å². The summed E-state index contributed by atoms with van der Waals surface area (Å²) in [5.74, 6) is 0.0361. The third-order valence-corrected chi connectivity index (χ3v) is 5.16. The number of anilines is 3. The second-order valence-electron chi connectivity index (χ2n) is 7.33. The molecule has 0 saturated carbocycles. The fraction of sp³-hybridized carbons (Fsp3) is 0.409. The van der Waals surface area contributed by atoms with Gasteiger partial charge in [-0.3, -0.25) is 4.79 Å². The van der Waals surface area contributed by atoms with Crippen molar-refractivity contribution in [1.29, 1.82) is 0 Å². The predicted octanol–water partition coefficient (Wildman–Crippen LogP) is 3.50. The van der Waals surface area contributed by atoms with E-state index in [1.807, 2.05) is 32.0 Å². The molecule has 5 heteroatoms. The minimum Gasteiger partial charge on any atom is -0.385 e. The molecule has 0 aliphatic carbocycles. The molecule has 0 radical (unpaired) electrons. The normalized spacial score (nSPS) is 14.9. The molecular formula is C22H30N4O. The lowest BCUT2D eigenvalue weighted by Crippen LogP contribution is -2.44. The molecule has 1 fully saturated rings. The summed E-state index contributed by atoms with van der Waals surface area (Å²) in [7, 11) is 2.17. The topological polar surface area (TPSA) is 47.6 Å². The summed E-state index contributed by atoms with van der Waals surface area (Å²) in [6.45, 7) is 9.00. The van der Waals surface area contributed by atoms with Crippen LogP contribution in [0.3, 0.4) is 0 Å². The molecule has 1 aliphatic rings. The summed E-state index contributed by atoms with van der Waals surface area (Å²) in [4.78, 5) is 17.0. The predicted molar refractivity (Wildman–Crippen MR) is 114 cm³/mol. The number of para-hydroxylation sites is 1. The van der Waals surface area contributed by atoms with Crippen molar-refractivity contribution in [2.24, 2.45) is 0 Å². The first kappa shape index (κ1) is 19.2. The Labute approximate surface area is 162 Å². The van der Waals surface area contributed by atoms with Gasteiger partial charge in [-0.15, -0.1) is 0 Å². The Morgan fingerprint density at radius 3 is 2.22 bits per heavy atom. The number of nitrogens with one attached hydrogen (secondary N) is 2. The number of rotatable bonds is 6. The van der Waals surface area contributed by atoms with E-state index in [-0.39, 0.29) is 5.91 Å². The Morgan fingerprint density at radius 2 is 1.59 bits per heavy atom. The average molecular weight is 367 g/mol. The third kappa shape index (κ3) is 5.23. The van der Waals surface area contributed by atoms with E-state index in [4.69, 9.17) is 0 Å². The highest BCUT2D eigenvalue weighted by atomic mass is 16.1. The lowest BCUT2D eigenvalue weighted by atomic mass is 10.1. The van der Waals surface area contributed by atoms with Gasteiger partial charge in [-0.25, -0.2) is 0 Å². The summed E-state index contributed by atoms with van der Waals surface area (Å²) < 4.78 is 0. The van der Waals surface area contributed by atoms with Crippen molar-refractivity contribution in [3.05, 3.63) is 53.6 Å². The van der Waals surface area contributed by atoms with Gasteiger partial charge < -0.3 is 20.4 Å². The molecule has 5 nitrogen and oxygen atoms in total. The Hall–Kier alpha value is -2.53. The van der Waals surface area contributed by atoms with Gasteiger partial charge in [0.15, 0.2) is 0 Å². The molecule has 2 N–H and O–H groups in total. The van der Waals surface area contributed by atoms with Gasteiger partial charge in [0.05, 0.1) is 0 Å². The van der Waals surface area contributed by atoms with Crippen molar-refractivity contribution >= 4 is 23.0 Å². The first-order valence-electron chi connectivity index (χ1n) is 9.66. The molecule has 27 heavy (non-hydrogen) atoms. The number of carbonyl (C=O) groups is 1. The van der Waals surface area contributed by atoms with E-state index in [2.05, 4.69) is 51.7 Å². The van der Waals surface area contributed by atoms with Crippen LogP contribution in [0.2, 0.25) is 0 Å². The van der Waals surface area contributed by atoms with Crippen LogP contribution in [-0.2, 0) is 4.79 Å². The summed E-state index contributed by atoms with van der Waals surface area (Å²) in [6.07, 6.45) is 0.438. The van der Waals surface area contributed by atoms with Crippen LogP contribution in [0.4, 0.5) is 17.1 Å². The van der Waals surface area contributed by atoms with Crippen molar-refractivity contribution in [1.82, 2.24) is 4.90 Å². The number of nitrogens with zero attached hydrogens (tertiary/aromatic N) is 2. The summed E-state index contributed by atoms with van der Waals surface area (Å²) in [5.41, 5.74) is 5.43. The molecule has 0 bridgehead atoms. The maximum absolute atomic E-state index is 12.2. The maximum Gasteiger partial charge on any atom is 0.226 e. The zero-order valence-corrected chi connectivity index (χ0v) is 16.6. The van der Waals surface area contributed by atoms with Crippen LogP contribution in [0.25, 0.3) is 0 Å². The van der Waals surface area contributed by atoms with Crippen LogP contribution < -0.4 is 15.5 Å². The number of likely N-dealkylation sites (N-methyl/N-ethyl adjacent to an activating group) is 1. The zero-order chi connectivity index (χ0) is 19.2. The van der Waals surface area contributed by atoms with E-state index in [9.17, 15) is 4.79 Å². The van der Waals surface area contributed by atoms with E-state index < -0.39 is 0 Å². The van der Waals surface area contributed by atoms with Crippen LogP contribution >= 0.6 is 0 Å². The molecule has 3 rings (SSSR count). The van der Waals surface area contributed by atoms with Gasteiger partial charge in [-0.2, -0.15) is 0 Å². The van der Waals surface area contributed by atoms with Crippen molar-refractivity contribution < 1.29 is 4.79 Å². The molecular weight excluding hydrogens is 336 g/mol. The van der Waals surface area contributed by atoms with Crippen molar-refractivity contribution in [3.63, 3.8) is 0 Å². The minimum absolute atomic E-state index is 0.0361. The smallest absolute Gasteiger partial charge is 0.226 e. The van der Waals surface area contributed by atoms with Gasteiger partial charge in [-0.05, 0) is 56.3 Å². The lowest BCUT2D eigenvalue weighted by Gasteiger charge is -2.34. The average Bonchev–Trinajstić information content (AvgIpc) is 2.66. The van der Waals surface area contributed by atoms with Crippen molar-refractivity contribution in [2.45, 2.75) is 20.3 Å². The first-order chi connectivity index (χ1) is 13.0. The van der Waals surface area contributed by atoms with E-state index in [0.717, 1.165) is 48.7 Å². The van der Waals surface area contributed by atoms with Gasteiger partial charge in [0.1, 0.15) is 0 Å². The highest BCUT2D eigenvalue weighted by molar-refractivity contribution is 5.92. The number of hydrogen-bond acceptors (Lipinski definition) is 4. The fourth-order valence-electron chi connectivity index (χ4n) is 3.39. The number of amides is 1. The molecule has 1 heterocycles. The Bertz CT molecular complexity index is 744. The van der Waals surface area contributed by atoms with E-state index in [1.165, 1.54) is 5.69 Å². The Morgan fingerprint density at radius 1 is 0.963 bits per heavy atom.